The Hall–Kier alpha value is -3.09. The van der Waals surface area contributed by atoms with Crippen molar-refractivity contribution >= 4 is 38.7 Å². The first kappa shape index (κ1) is 24.0. The van der Waals surface area contributed by atoms with E-state index in [2.05, 4.69) is 25.6 Å². The third-order valence-corrected chi connectivity index (χ3v) is 9.40. The van der Waals surface area contributed by atoms with Crippen LogP contribution in [0.1, 0.15) is 38.1 Å². The average Bonchev–Trinajstić information content (AvgIpc) is 3.49. The summed E-state index contributed by atoms with van der Waals surface area (Å²) in [5.41, 5.74) is 7.43. The second kappa shape index (κ2) is 8.60. The molecule has 1 saturated carbocycles. The lowest BCUT2D eigenvalue weighted by Crippen LogP contribution is -2.48. The molecule has 3 aromatic rings. The number of carbonyl (C=O) groups is 1. The first-order valence-corrected chi connectivity index (χ1v) is 12.9. The standard InChI is InChI=1S/C22H26N6O4S2/c1-13-11-33-20(24-13)34(31,32)22(8-9-22)16-10-17(23)27-18(26-16)14-4-6-15(7-5-14)25-19(30)28-21(2,3)12-29/h4-7,10-11,29H,8-9,12H2,1-3H3,(H2,23,26,27)(H2,25,28,30). The van der Waals surface area contributed by atoms with Crippen LogP contribution in [0.5, 0.6) is 0 Å². The molecule has 0 unspecified atom stereocenters. The molecule has 34 heavy (non-hydrogen) atoms. The SMILES string of the molecule is Cc1csc(S(=O)(=O)C2(c3cc(N)nc(-c4ccc(NC(=O)NC(C)(C)CO)cc4)n3)CC2)n1. The fraction of sp³-hybridized carbons (Fsp3) is 0.364. The van der Waals surface area contributed by atoms with Crippen molar-refractivity contribution in [1.29, 1.82) is 0 Å². The number of aliphatic hydroxyl groups excluding tert-OH is 1. The van der Waals surface area contributed by atoms with Gasteiger partial charge >= 0.3 is 6.03 Å². The van der Waals surface area contributed by atoms with Gasteiger partial charge in [-0.3, -0.25) is 0 Å². The van der Waals surface area contributed by atoms with Gasteiger partial charge in [-0.25, -0.2) is 28.2 Å². The van der Waals surface area contributed by atoms with Crippen LogP contribution in [0.2, 0.25) is 0 Å². The molecule has 0 saturated heterocycles. The molecule has 0 bridgehead atoms. The van der Waals surface area contributed by atoms with E-state index in [0.29, 0.717) is 41.3 Å². The first-order chi connectivity index (χ1) is 16.0. The Bertz CT molecular complexity index is 1330. The number of urea groups is 1. The van der Waals surface area contributed by atoms with Crippen molar-refractivity contribution in [2.75, 3.05) is 17.7 Å². The van der Waals surface area contributed by atoms with Crippen LogP contribution in [-0.2, 0) is 14.6 Å². The Morgan fingerprint density at radius 1 is 1.21 bits per heavy atom. The van der Waals surface area contributed by atoms with Gasteiger partial charge in [0.05, 0.1) is 17.8 Å². The lowest BCUT2D eigenvalue weighted by atomic mass is 10.1. The van der Waals surface area contributed by atoms with Crippen LogP contribution < -0.4 is 16.4 Å². The number of benzene rings is 1. The summed E-state index contributed by atoms with van der Waals surface area (Å²) < 4.78 is 25.6. The van der Waals surface area contributed by atoms with Gasteiger partial charge in [-0.2, -0.15) is 0 Å². The van der Waals surface area contributed by atoms with Crippen molar-refractivity contribution in [3.8, 4) is 11.4 Å². The zero-order valence-corrected chi connectivity index (χ0v) is 20.6. The third kappa shape index (κ3) is 4.61. The number of aromatic nitrogens is 3. The van der Waals surface area contributed by atoms with Gasteiger partial charge in [0.1, 0.15) is 10.6 Å². The molecule has 0 radical (unpaired) electrons. The smallest absolute Gasteiger partial charge is 0.319 e. The number of aryl methyl sites for hydroxylation is 1. The molecular formula is C22H26N6O4S2. The van der Waals surface area contributed by atoms with Gasteiger partial charge in [-0.1, -0.05) is 0 Å². The van der Waals surface area contributed by atoms with Crippen LogP contribution >= 0.6 is 11.3 Å². The lowest BCUT2D eigenvalue weighted by Gasteiger charge is -2.23. The number of sulfone groups is 1. The molecule has 2 aromatic heterocycles. The lowest BCUT2D eigenvalue weighted by molar-refractivity contribution is 0.187. The minimum atomic E-state index is -3.72. The Labute approximate surface area is 201 Å². The Morgan fingerprint density at radius 3 is 2.44 bits per heavy atom. The van der Waals surface area contributed by atoms with E-state index in [1.165, 1.54) is 6.07 Å². The van der Waals surface area contributed by atoms with Gasteiger partial charge in [0.15, 0.2) is 5.82 Å². The quantitative estimate of drug-likeness (QED) is 0.384. The van der Waals surface area contributed by atoms with Crippen molar-refractivity contribution in [3.63, 3.8) is 0 Å². The summed E-state index contributed by atoms with van der Waals surface area (Å²) in [6.07, 6.45) is 0.873. The minimum absolute atomic E-state index is 0.0827. The number of amides is 2. The highest BCUT2D eigenvalue weighted by atomic mass is 32.2. The summed E-state index contributed by atoms with van der Waals surface area (Å²) in [6, 6.07) is 7.84. The number of nitrogens with one attached hydrogen (secondary N) is 2. The van der Waals surface area contributed by atoms with E-state index in [4.69, 9.17) is 5.73 Å². The van der Waals surface area contributed by atoms with Crippen LogP contribution in [0.4, 0.5) is 16.3 Å². The average molecular weight is 503 g/mol. The fourth-order valence-corrected chi connectivity index (χ4v) is 6.71. The summed E-state index contributed by atoms with van der Waals surface area (Å²) in [6.45, 7) is 4.96. The fourth-order valence-electron chi connectivity index (χ4n) is 3.44. The molecule has 10 nitrogen and oxygen atoms in total. The number of nitrogens with zero attached hydrogens (tertiary/aromatic N) is 3. The van der Waals surface area contributed by atoms with Crippen LogP contribution in [0.15, 0.2) is 40.1 Å². The van der Waals surface area contributed by atoms with Crippen molar-refractivity contribution in [1.82, 2.24) is 20.3 Å². The summed E-state index contributed by atoms with van der Waals surface area (Å²) in [4.78, 5) is 25.2. The molecule has 0 aliphatic heterocycles. The second-order valence-corrected chi connectivity index (χ2v) is 12.2. The number of hydrogen-bond donors (Lipinski definition) is 4. The van der Waals surface area contributed by atoms with Crippen molar-refractivity contribution in [3.05, 3.63) is 47.1 Å². The predicted octanol–water partition coefficient (Wildman–Crippen LogP) is 2.85. The van der Waals surface area contributed by atoms with Gasteiger partial charge in [0.25, 0.3) is 0 Å². The van der Waals surface area contributed by atoms with E-state index in [0.717, 1.165) is 11.3 Å². The van der Waals surface area contributed by atoms with Crippen LogP contribution in [0, 0.1) is 6.92 Å². The van der Waals surface area contributed by atoms with Crippen LogP contribution in [0.25, 0.3) is 11.4 Å². The second-order valence-electron chi connectivity index (χ2n) is 8.95. The van der Waals surface area contributed by atoms with Crippen molar-refractivity contribution in [2.45, 2.75) is 48.2 Å². The molecule has 180 valence electrons. The van der Waals surface area contributed by atoms with Crippen molar-refractivity contribution in [2.24, 2.45) is 0 Å². The number of anilines is 2. The first-order valence-electron chi connectivity index (χ1n) is 10.6. The number of nitrogen functional groups attached to an aromatic ring is 1. The maximum absolute atomic E-state index is 13.3. The molecule has 12 heteroatoms. The predicted molar refractivity (Wildman–Crippen MR) is 130 cm³/mol. The number of nitrogens with two attached hydrogens (primary N) is 1. The Balaban J connectivity index is 1.59. The maximum atomic E-state index is 13.3. The number of thiazole rings is 1. The largest absolute Gasteiger partial charge is 0.394 e. The third-order valence-electron chi connectivity index (χ3n) is 5.51. The number of carbonyl (C=O) groups excluding carboxylic acids is 1. The zero-order valence-electron chi connectivity index (χ0n) is 19.0. The van der Waals surface area contributed by atoms with E-state index in [-0.39, 0.29) is 16.8 Å². The summed E-state index contributed by atoms with van der Waals surface area (Å²) in [5.74, 6) is 0.466. The highest BCUT2D eigenvalue weighted by Gasteiger charge is 2.59. The van der Waals surface area contributed by atoms with E-state index in [9.17, 15) is 18.3 Å². The van der Waals surface area contributed by atoms with Crippen LogP contribution in [0.3, 0.4) is 0 Å². The summed E-state index contributed by atoms with van der Waals surface area (Å²) >= 11 is 1.11. The topological polar surface area (TPSA) is 160 Å². The molecule has 2 heterocycles. The minimum Gasteiger partial charge on any atom is -0.394 e. The van der Waals surface area contributed by atoms with Gasteiger partial charge in [0.2, 0.25) is 14.2 Å². The summed E-state index contributed by atoms with van der Waals surface area (Å²) in [7, 11) is -3.72. The highest BCUT2D eigenvalue weighted by molar-refractivity contribution is 7.94. The normalized spacial score (nSPS) is 15.1. The van der Waals surface area contributed by atoms with E-state index < -0.39 is 26.2 Å². The van der Waals surface area contributed by atoms with E-state index in [1.807, 2.05) is 0 Å². The van der Waals surface area contributed by atoms with Gasteiger partial charge in [0, 0.05) is 28.4 Å². The number of hydrogen-bond acceptors (Lipinski definition) is 9. The molecule has 1 aromatic carbocycles. The Morgan fingerprint density at radius 2 is 1.88 bits per heavy atom. The van der Waals surface area contributed by atoms with Gasteiger partial charge in [-0.15, -0.1) is 11.3 Å². The number of aliphatic hydroxyl groups is 1. The molecule has 0 spiro atoms. The molecule has 1 fully saturated rings. The van der Waals surface area contributed by atoms with Gasteiger partial charge in [-0.05, 0) is 57.9 Å². The van der Waals surface area contributed by atoms with Crippen LogP contribution in [-0.4, -0.2) is 46.7 Å². The van der Waals surface area contributed by atoms with Crippen molar-refractivity contribution < 1.29 is 18.3 Å². The highest BCUT2D eigenvalue weighted by Crippen LogP contribution is 2.55. The monoisotopic (exact) mass is 502 g/mol. The van der Waals surface area contributed by atoms with Gasteiger partial charge < -0.3 is 21.5 Å². The van der Waals surface area contributed by atoms with E-state index >= 15 is 0 Å². The number of rotatable bonds is 7. The molecule has 0 atom stereocenters. The molecular weight excluding hydrogens is 476 g/mol. The zero-order chi connectivity index (χ0) is 24.7. The van der Waals surface area contributed by atoms with E-state index in [1.54, 1.807) is 50.4 Å². The Kier molecular flexibility index (Phi) is 6.08. The molecule has 5 N–H and O–H groups in total. The molecule has 4 rings (SSSR count). The molecule has 2 amide bonds. The molecule has 1 aliphatic carbocycles. The maximum Gasteiger partial charge on any atom is 0.319 e. The molecule has 1 aliphatic rings. The summed E-state index contributed by atoms with van der Waals surface area (Å²) in [5, 5.41) is 16.4.